The Labute approximate surface area is 130 Å². The highest BCUT2D eigenvalue weighted by atomic mass is 16.3. The molecule has 0 atom stereocenters. The first-order chi connectivity index (χ1) is 10.1. The second-order valence-electron chi connectivity index (χ2n) is 7.57. The lowest BCUT2D eigenvalue weighted by atomic mass is 9.85. The maximum Gasteiger partial charge on any atom is 0.0558 e. The van der Waals surface area contributed by atoms with Crippen molar-refractivity contribution in [3.05, 3.63) is 0 Å². The summed E-state index contributed by atoms with van der Waals surface area (Å²) in [5.74, 6) is 0.741. The molecule has 1 saturated carbocycles. The zero-order valence-electron chi connectivity index (χ0n) is 14.1. The van der Waals surface area contributed by atoms with Gasteiger partial charge in [-0.3, -0.25) is 4.90 Å². The van der Waals surface area contributed by atoms with Gasteiger partial charge in [0.25, 0.3) is 0 Å². The van der Waals surface area contributed by atoms with Crippen molar-refractivity contribution in [3.63, 3.8) is 0 Å². The van der Waals surface area contributed by atoms with Gasteiger partial charge in [0.1, 0.15) is 0 Å². The predicted molar refractivity (Wildman–Crippen MR) is 88.6 cm³/mol. The van der Waals surface area contributed by atoms with Crippen molar-refractivity contribution < 1.29 is 5.11 Å². The van der Waals surface area contributed by atoms with Gasteiger partial charge in [0, 0.05) is 45.8 Å². The van der Waals surface area contributed by atoms with E-state index in [-0.39, 0.29) is 0 Å². The molecule has 2 fully saturated rings. The van der Waals surface area contributed by atoms with Gasteiger partial charge in [-0.15, -0.1) is 0 Å². The first-order valence-corrected chi connectivity index (χ1v) is 8.90. The Balaban J connectivity index is 1.77. The van der Waals surface area contributed by atoms with Crippen molar-refractivity contribution in [1.29, 1.82) is 0 Å². The molecule has 1 aliphatic heterocycles. The average Bonchev–Trinajstić information content (AvgIpc) is 2.90. The van der Waals surface area contributed by atoms with Crippen molar-refractivity contribution >= 4 is 0 Å². The van der Waals surface area contributed by atoms with E-state index < -0.39 is 0 Å². The standard InChI is InChI=1S/C17H35N3O/c1-16(2)13-18-14-17(5-3-4-6-17)15-20-9-7-19(8-10-20)11-12-21/h16,18,21H,3-15H2,1-2H3. The number of aliphatic hydroxyl groups excluding tert-OH is 1. The predicted octanol–water partition coefficient (Wildman–Crippen LogP) is 1.40. The lowest BCUT2D eigenvalue weighted by Gasteiger charge is -2.40. The summed E-state index contributed by atoms with van der Waals surface area (Å²) in [5.41, 5.74) is 0.522. The summed E-state index contributed by atoms with van der Waals surface area (Å²) in [4.78, 5) is 5.05. The second kappa shape index (κ2) is 8.47. The Kier molecular flexibility index (Phi) is 6.93. The largest absolute Gasteiger partial charge is 0.395 e. The van der Waals surface area contributed by atoms with Crippen molar-refractivity contribution in [3.8, 4) is 0 Å². The van der Waals surface area contributed by atoms with E-state index in [4.69, 9.17) is 5.11 Å². The summed E-state index contributed by atoms with van der Waals surface area (Å²) in [6.45, 7) is 13.9. The van der Waals surface area contributed by atoms with Crippen LogP contribution in [0.2, 0.25) is 0 Å². The molecule has 0 aromatic heterocycles. The van der Waals surface area contributed by atoms with Crippen LogP contribution in [0.5, 0.6) is 0 Å². The van der Waals surface area contributed by atoms with Crippen LogP contribution in [0.15, 0.2) is 0 Å². The molecule has 4 heteroatoms. The number of piperazine rings is 1. The van der Waals surface area contributed by atoms with Crippen LogP contribution in [0.25, 0.3) is 0 Å². The highest BCUT2D eigenvalue weighted by Crippen LogP contribution is 2.38. The Bertz CT molecular complexity index is 282. The van der Waals surface area contributed by atoms with Gasteiger partial charge in [0.2, 0.25) is 0 Å². The molecule has 0 radical (unpaired) electrons. The zero-order valence-corrected chi connectivity index (χ0v) is 14.1. The molecule has 0 amide bonds. The quantitative estimate of drug-likeness (QED) is 0.710. The highest BCUT2D eigenvalue weighted by molar-refractivity contribution is 4.90. The Hall–Kier alpha value is -0.160. The summed E-state index contributed by atoms with van der Waals surface area (Å²) in [5, 5.41) is 12.7. The molecule has 21 heavy (non-hydrogen) atoms. The number of nitrogens with one attached hydrogen (secondary N) is 1. The molecule has 1 heterocycles. The number of nitrogens with zero attached hydrogens (tertiary/aromatic N) is 2. The van der Waals surface area contributed by atoms with Crippen LogP contribution < -0.4 is 5.32 Å². The van der Waals surface area contributed by atoms with Crippen LogP contribution in [0.1, 0.15) is 39.5 Å². The van der Waals surface area contributed by atoms with Crippen LogP contribution in [0.4, 0.5) is 0 Å². The fourth-order valence-electron chi connectivity index (χ4n) is 3.93. The van der Waals surface area contributed by atoms with E-state index in [0.717, 1.165) is 32.1 Å². The molecule has 0 bridgehead atoms. The molecule has 0 spiro atoms. The SMILES string of the molecule is CC(C)CNCC1(CN2CCN(CCO)CC2)CCCC1. The van der Waals surface area contributed by atoms with Crippen molar-refractivity contribution in [2.75, 3.05) is 59.0 Å². The third-order valence-electron chi connectivity index (χ3n) is 5.16. The Morgan fingerprint density at radius 3 is 2.24 bits per heavy atom. The third kappa shape index (κ3) is 5.51. The minimum absolute atomic E-state index is 0.295. The average molecular weight is 297 g/mol. The monoisotopic (exact) mass is 297 g/mol. The number of rotatable bonds is 8. The van der Waals surface area contributed by atoms with Gasteiger partial charge in [-0.2, -0.15) is 0 Å². The Morgan fingerprint density at radius 1 is 1.05 bits per heavy atom. The molecule has 1 saturated heterocycles. The number of hydrogen-bond donors (Lipinski definition) is 2. The van der Waals surface area contributed by atoms with E-state index >= 15 is 0 Å². The number of aliphatic hydroxyl groups is 1. The van der Waals surface area contributed by atoms with Crippen molar-refractivity contribution in [1.82, 2.24) is 15.1 Å². The van der Waals surface area contributed by atoms with Crippen LogP contribution >= 0.6 is 0 Å². The van der Waals surface area contributed by atoms with Gasteiger partial charge < -0.3 is 15.3 Å². The van der Waals surface area contributed by atoms with E-state index in [1.807, 2.05) is 0 Å². The van der Waals surface area contributed by atoms with Gasteiger partial charge in [-0.05, 0) is 30.7 Å². The van der Waals surface area contributed by atoms with Crippen LogP contribution in [-0.4, -0.2) is 73.9 Å². The fourth-order valence-corrected chi connectivity index (χ4v) is 3.93. The number of β-amino-alcohol motifs (C(OH)–C–C–N with tert-alkyl or cyclic N) is 1. The molecule has 2 N–H and O–H groups in total. The Morgan fingerprint density at radius 2 is 1.67 bits per heavy atom. The van der Waals surface area contributed by atoms with Crippen LogP contribution in [0.3, 0.4) is 0 Å². The summed E-state index contributed by atoms with van der Waals surface area (Å²) < 4.78 is 0. The first kappa shape index (κ1) is 17.2. The first-order valence-electron chi connectivity index (χ1n) is 8.90. The maximum absolute atomic E-state index is 9.03. The molecule has 0 aromatic carbocycles. The van der Waals surface area contributed by atoms with Gasteiger partial charge in [0.15, 0.2) is 0 Å². The lowest BCUT2D eigenvalue weighted by Crippen LogP contribution is -2.51. The molecule has 124 valence electrons. The van der Waals surface area contributed by atoms with Crippen molar-refractivity contribution in [2.24, 2.45) is 11.3 Å². The summed E-state index contributed by atoms with van der Waals surface area (Å²) in [6.07, 6.45) is 5.62. The highest BCUT2D eigenvalue weighted by Gasteiger charge is 2.35. The summed E-state index contributed by atoms with van der Waals surface area (Å²) >= 11 is 0. The minimum Gasteiger partial charge on any atom is -0.395 e. The van der Waals surface area contributed by atoms with Gasteiger partial charge >= 0.3 is 0 Å². The molecule has 0 unspecified atom stereocenters. The van der Waals surface area contributed by atoms with Gasteiger partial charge in [-0.1, -0.05) is 26.7 Å². The van der Waals surface area contributed by atoms with E-state index in [2.05, 4.69) is 29.0 Å². The topological polar surface area (TPSA) is 38.7 Å². The summed E-state index contributed by atoms with van der Waals surface area (Å²) in [7, 11) is 0. The zero-order chi connectivity index (χ0) is 15.1. The molecular formula is C17H35N3O. The molecule has 4 nitrogen and oxygen atoms in total. The van der Waals surface area contributed by atoms with Gasteiger partial charge in [-0.25, -0.2) is 0 Å². The molecular weight excluding hydrogens is 262 g/mol. The van der Waals surface area contributed by atoms with E-state index in [0.29, 0.717) is 12.0 Å². The number of hydrogen-bond acceptors (Lipinski definition) is 4. The molecule has 2 aliphatic rings. The third-order valence-corrected chi connectivity index (χ3v) is 5.16. The van der Waals surface area contributed by atoms with E-state index in [1.54, 1.807) is 0 Å². The minimum atomic E-state index is 0.295. The maximum atomic E-state index is 9.03. The van der Waals surface area contributed by atoms with Crippen LogP contribution in [-0.2, 0) is 0 Å². The normalized spacial score (nSPS) is 24.0. The van der Waals surface area contributed by atoms with Crippen molar-refractivity contribution in [2.45, 2.75) is 39.5 Å². The molecule has 2 rings (SSSR count). The summed E-state index contributed by atoms with van der Waals surface area (Å²) in [6, 6.07) is 0. The van der Waals surface area contributed by atoms with E-state index in [1.165, 1.54) is 51.9 Å². The second-order valence-corrected chi connectivity index (χ2v) is 7.57. The van der Waals surface area contributed by atoms with E-state index in [9.17, 15) is 0 Å². The molecule has 1 aliphatic carbocycles. The van der Waals surface area contributed by atoms with Crippen LogP contribution in [0, 0.1) is 11.3 Å². The fraction of sp³-hybridized carbons (Fsp3) is 1.00. The molecule has 0 aromatic rings. The van der Waals surface area contributed by atoms with Gasteiger partial charge in [0.05, 0.1) is 6.61 Å². The lowest BCUT2D eigenvalue weighted by molar-refractivity contribution is 0.0756. The smallest absolute Gasteiger partial charge is 0.0558 e.